The summed E-state index contributed by atoms with van der Waals surface area (Å²) in [7, 11) is 1.40. The summed E-state index contributed by atoms with van der Waals surface area (Å²) in [6.07, 6.45) is 2.86. The first-order valence-corrected chi connectivity index (χ1v) is 8.82. The summed E-state index contributed by atoms with van der Waals surface area (Å²) in [5.74, 6) is -0.631. The number of benzene rings is 1. The van der Waals surface area contributed by atoms with Gasteiger partial charge >= 0.3 is 5.69 Å². The van der Waals surface area contributed by atoms with E-state index in [1.54, 1.807) is 12.1 Å². The Kier molecular flexibility index (Phi) is 5.39. The van der Waals surface area contributed by atoms with Crippen molar-refractivity contribution in [3.05, 3.63) is 63.1 Å². The van der Waals surface area contributed by atoms with Crippen LogP contribution in [0.15, 0.2) is 46.1 Å². The number of rotatable bonds is 6. The lowest BCUT2D eigenvalue weighted by Crippen LogP contribution is -2.39. The average Bonchev–Trinajstić information content (AvgIpc) is 3.18. The van der Waals surface area contributed by atoms with Gasteiger partial charge in [-0.05, 0) is 18.6 Å². The Hall–Kier alpha value is -3.69. The molecule has 3 aromatic rings. The zero-order chi connectivity index (χ0) is 20.3. The van der Waals surface area contributed by atoms with E-state index in [1.807, 2.05) is 25.1 Å². The fraction of sp³-hybridized carbons (Fsp3) is 0.278. The third-order valence-corrected chi connectivity index (χ3v) is 4.29. The molecule has 146 valence electrons. The number of hydrogen-bond acceptors (Lipinski definition) is 6. The van der Waals surface area contributed by atoms with Crippen LogP contribution in [0.2, 0.25) is 0 Å². The molecule has 0 aliphatic rings. The largest absolute Gasteiger partial charge is 0.383 e. The number of nitrogen functional groups attached to an aromatic ring is 1. The van der Waals surface area contributed by atoms with Gasteiger partial charge in [0.15, 0.2) is 11.4 Å². The first kappa shape index (κ1) is 19.1. The van der Waals surface area contributed by atoms with Crippen LogP contribution in [0.4, 0.5) is 11.5 Å². The number of nitrogens with zero attached hydrogens (tertiary/aromatic N) is 5. The summed E-state index contributed by atoms with van der Waals surface area (Å²) in [6.45, 7) is 2.32. The summed E-state index contributed by atoms with van der Waals surface area (Å²) < 4.78 is 1.25. The number of anilines is 2. The fourth-order valence-corrected chi connectivity index (χ4v) is 2.76. The van der Waals surface area contributed by atoms with E-state index in [1.165, 1.54) is 22.6 Å². The maximum atomic E-state index is 12.8. The predicted octanol–water partition coefficient (Wildman–Crippen LogP) is 0.776. The summed E-state index contributed by atoms with van der Waals surface area (Å²) in [6, 6.07) is 9.10. The van der Waals surface area contributed by atoms with Crippen LogP contribution in [0.25, 0.3) is 5.69 Å². The van der Waals surface area contributed by atoms with Gasteiger partial charge in [-0.2, -0.15) is 9.90 Å². The Bertz CT molecular complexity index is 1100. The van der Waals surface area contributed by atoms with Gasteiger partial charge in [0, 0.05) is 13.6 Å². The molecule has 1 amide bonds. The van der Waals surface area contributed by atoms with Gasteiger partial charge in [-0.15, -0.1) is 5.10 Å². The number of carbonyl (C=O) groups is 1. The van der Waals surface area contributed by atoms with Crippen LogP contribution >= 0.6 is 0 Å². The second kappa shape index (κ2) is 7.91. The maximum absolute atomic E-state index is 12.8. The third-order valence-electron chi connectivity index (χ3n) is 4.29. The summed E-state index contributed by atoms with van der Waals surface area (Å²) in [5, 5.41) is 8.25. The molecule has 10 heteroatoms. The summed E-state index contributed by atoms with van der Waals surface area (Å²) >= 11 is 0. The van der Waals surface area contributed by atoms with Gasteiger partial charge in [0.25, 0.3) is 11.5 Å². The lowest BCUT2D eigenvalue weighted by atomic mass is 10.3. The van der Waals surface area contributed by atoms with Gasteiger partial charge in [0.05, 0.1) is 11.9 Å². The van der Waals surface area contributed by atoms with Gasteiger partial charge < -0.3 is 10.6 Å². The number of H-pyrrole nitrogens is 1. The van der Waals surface area contributed by atoms with Crippen LogP contribution in [0.1, 0.15) is 30.3 Å². The SMILES string of the molecule is CCCCn1c(N)c(N(C)C(=O)c2cnn(-c3ccccc3)n2)c(=O)[nH]c1=O. The molecule has 0 bridgehead atoms. The van der Waals surface area contributed by atoms with Crippen molar-refractivity contribution in [2.45, 2.75) is 26.3 Å². The van der Waals surface area contributed by atoms with Crippen molar-refractivity contribution in [3.63, 3.8) is 0 Å². The molecule has 2 aromatic heterocycles. The highest BCUT2D eigenvalue weighted by atomic mass is 16.2. The summed E-state index contributed by atoms with van der Waals surface area (Å²) in [4.78, 5) is 41.8. The topological polar surface area (TPSA) is 132 Å². The minimum absolute atomic E-state index is 0.0384. The maximum Gasteiger partial charge on any atom is 0.330 e. The van der Waals surface area contributed by atoms with E-state index in [4.69, 9.17) is 5.73 Å². The number of para-hydroxylation sites is 1. The number of carbonyl (C=O) groups excluding carboxylic acids is 1. The van der Waals surface area contributed by atoms with Gasteiger partial charge in [0.2, 0.25) is 0 Å². The molecule has 10 nitrogen and oxygen atoms in total. The smallest absolute Gasteiger partial charge is 0.330 e. The van der Waals surface area contributed by atoms with Crippen LogP contribution in [-0.2, 0) is 6.54 Å². The molecule has 0 aliphatic carbocycles. The first-order chi connectivity index (χ1) is 13.4. The van der Waals surface area contributed by atoms with Crippen molar-refractivity contribution in [1.82, 2.24) is 24.5 Å². The molecule has 0 radical (unpaired) electrons. The number of aromatic nitrogens is 5. The molecule has 0 saturated heterocycles. The number of unbranched alkanes of at least 4 members (excludes halogenated alkanes) is 1. The molecular weight excluding hydrogens is 362 g/mol. The number of hydrogen-bond donors (Lipinski definition) is 2. The quantitative estimate of drug-likeness (QED) is 0.646. The zero-order valence-electron chi connectivity index (χ0n) is 15.6. The molecule has 3 rings (SSSR count). The van der Waals surface area contributed by atoms with Gasteiger partial charge in [-0.25, -0.2) is 4.79 Å². The Morgan fingerprint density at radius 1 is 1.25 bits per heavy atom. The monoisotopic (exact) mass is 383 g/mol. The van der Waals surface area contributed by atoms with E-state index >= 15 is 0 Å². The Balaban J connectivity index is 1.95. The van der Waals surface area contributed by atoms with E-state index in [0.29, 0.717) is 18.7 Å². The lowest BCUT2D eigenvalue weighted by molar-refractivity contribution is 0.0987. The van der Waals surface area contributed by atoms with Crippen LogP contribution in [0.3, 0.4) is 0 Å². The second-order valence-corrected chi connectivity index (χ2v) is 6.22. The van der Waals surface area contributed by atoms with Crippen molar-refractivity contribution in [3.8, 4) is 5.69 Å². The normalized spacial score (nSPS) is 10.8. The molecular formula is C18H21N7O3. The van der Waals surface area contributed by atoms with Gasteiger partial charge in [-0.1, -0.05) is 31.5 Å². The Morgan fingerprint density at radius 3 is 2.64 bits per heavy atom. The molecule has 28 heavy (non-hydrogen) atoms. The van der Waals surface area contributed by atoms with Crippen molar-refractivity contribution >= 4 is 17.4 Å². The zero-order valence-corrected chi connectivity index (χ0v) is 15.6. The number of aromatic amines is 1. The average molecular weight is 383 g/mol. The Labute approximate surface area is 160 Å². The molecule has 2 heterocycles. The molecule has 1 aromatic carbocycles. The second-order valence-electron chi connectivity index (χ2n) is 6.22. The standard InChI is InChI=1S/C18H21N7O3/c1-3-4-10-24-15(19)14(16(26)21-18(24)28)23(2)17(27)13-11-20-25(22-13)12-8-6-5-7-9-12/h5-9,11H,3-4,10,19H2,1-2H3,(H,21,26,28). The first-order valence-electron chi connectivity index (χ1n) is 8.82. The van der Waals surface area contributed by atoms with Crippen molar-refractivity contribution in [2.75, 3.05) is 17.7 Å². The minimum Gasteiger partial charge on any atom is -0.383 e. The van der Waals surface area contributed by atoms with Crippen LogP contribution in [-0.4, -0.2) is 37.5 Å². The van der Waals surface area contributed by atoms with E-state index < -0.39 is 17.2 Å². The predicted molar refractivity (Wildman–Crippen MR) is 105 cm³/mol. The van der Waals surface area contributed by atoms with Crippen LogP contribution in [0, 0.1) is 0 Å². The number of nitrogens with two attached hydrogens (primary N) is 1. The molecule has 0 spiro atoms. The molecule has 0 atom stereocenters. The van der Waals surface area contributed by atoms with E-state index in [-0.39, 0.29) is 17.2 Å². The van der Waals surface area contributed by atoms with Crippen molar-refractivity contribution in [1.29, 1.82) is 0 Å². The van der Waals surface area contributed by atoms with Crippen molar-refractivity contribution in [2.24, 2.45) is 0 Å². The van der Waals surface area contributed by atoms with E-state index in [2.05, 4.69) is 15.2 Å². The Morgan fingerprint density at radius 2 is 1.96 bits per heavy atom. The van der Waals surface area contributed by atoms with Crippen LogP contribution < -0.4 is 21.9 Å². The van der Waals surface area contributed by atoms with Crippen LogP contribution in [0.5, 0.6) is 0 Å². The van der Waals surface area contributed by atoms with E-state index in [0.717, 1.165) is 11.3 Å². The third kappa shape index (κ3) is 3.56. The highest BCUT2D eigenvalue weighted by molar-refractivity contribution is 6.05. The van der Waals surface area contributed by atoms with E-state index in [9.17, 15) is 14.4 Å². The lowest BCUT2D eigenvalue weighted by Gasteiger charge is -2.19. The molecule has 0 aliphatic heterocycles. The molecule has 0 unspecified atom stereocenters. The minimum atomic E-state index is -0.735. The van der Waals surface area contributed by atoms with Crippen molar-refractivity contribution < 1.29 is 4.79 Å². The fourth-order valence-electron chi connectivity index (χ4n) is 2.76. The summed E-state index contributed by atoms with van der Waals surface area (Å²) in [5.41, 5.74) is 5.34. The highest BCUT2D eigenvalue weighted by Crippen LogP contribution is 2.17. The molecule has 0 fully saturated rings. The number of nitrogens with one attached hydrogen (secondary N) is 1. The van der Waals surface area contributed by atoms with Gasteiger partial charge in [0.1, 0.15) is 5.82 Å². The van der Waals surface area contributed by atoms with Gasteiger partial charge in [-0.3, -0.25) is 19.1 Å². The highest BCUT2D eigenvalue weighted by Gasteiger charge is 2.24. The molecule has 0 saturated carbocycles. The molecule has 3 N–H and O–H groups in total. The number of amides is 1.